The lowest BCUT2D eigenvalue weighted by Gasteiger charge is -2.02. The molecular formula is C13H14N2O2. The zero-order chi connectivity index (χ0) is 12.3. The van der Waals surface area contributed by atoms with Crippen molar-refractivity contribution in [3.63, 3.8) is 0 Å². The molecule has 17 heavy (non-hydrogen) atoms. The number of aryl methyl sites for hydroxylation is 1. The van der Waals surface area contributed by atoms with Gasteiger partial charge in [0.2, 0.25) is 0 Å². The molecule has 2 rings (SSSR count). The smallest absolute Gasteiger partial charge is 0.311 e. The molecule has 0 unspecified atom stereocenters. The Bertz CT molecular complexity index is 532. The number of rotatable bonds is 3. The van der Waals surface area contributed by atoms with E-state index >= 15 is 0 Å². The molecule has 0 radical (unpaired) electrons. The summed E-state index contributed by atoms with van der Waals surface area (Å²) in [7, 11) is 1.37. The van der Waals surface area contributed by atoms with Gasteiger partial charge in [0.1, 0.15) is 0 Å². The minimum absolute atomic E-state index is 0.204. The maximum atomic E-state index is 11.1. The predicted octanol–water partition coefficient (Wildman–Crippen LogP) is 1.90. The van der Waals surface area contributed by atoms with Crippen LogP contribution in [0.4, 0.5) is 0 Å². The van der Waals surface area contributed by atoms with Gasteiger partial charge in [0, 0.05) is 11.9 Å². The quantitative estimate of drug-likeness (QED) is 0.756. The number of hydrogen-bond donors (Lipinski definition) is 0. The number of nitrogens with zero attached hydrogens (tertiary/aromatic N) is 2. The second-order valence-corrected chi connectivity index (χ2v) is 3.86. The van der Waals surface area contributed by atoms with Crippen LogP contribution < -0.4 is 0 Å². The van der Waals surface area contributed by atoms with Crippen molar-refractivity contribution in [2.45, 2.75) is 13.3 Å². The lowest BCUT2D eigenvalue weighted by atomic mass is 10.2. The van der Waals surface area contributed by atoms with E-state index in [0.29, 0.717) is 5.69 Å². The van der Waals surface area contributed by atoms with E-state index in [1.807, 2.05) is 35.9 Å². The van der Waals surface area contributed by atoms with Gasteiger partial charge in [-0.1, -0.05) is 12.1 Å². The van der Waals surface area contributed by atoms with Gasteiger partial charge >= 0.3 is 5.97 Å². The van der Waals surface area contributed by atoms with Gasteiger partial charge in [-0.05, 0) is 24.6 Å². The Hall–Kier alpha value is -2.10. The van der Waals surface area contributed by atoms with Crippen LogP contribution in [0.2, 0.25) is 0 Å². The van der Waals surface area contributed by atoms with E-state index in [2.05, 4.69) is 15.8 Å². The number of carbonyl (C=O) groups is 1. The van der Waals surface area contributed by atoms with Gasteiger partial charge in [-0.3, -0.25) is 4.79 Å². The molecule has 1 aromatic carbocycles. The molecule has 0 saturated heterocycles. The lowest BCUT2D eigenvalue weighted by Crippen LogP contribution is -2.04. The minimum atomic E-state index is -0.278. The zero-order valence-electron chi connectivity index (χ0n) is 9.88. The summed E-state index contributed by atoms with van der Waals surface area (Å²) in [5, 5.41) is 0. The Labute approximate surface area is 99.9 Å². The van der Waals surface area contributed by atoms with Crippen molar-refractivity contribution in [1.82, 2.24) is 9.55 Å². The Morgan fingerprint density at radius 3 is 3.00 bits per heavy atom. The van der Waals surface area contributed by atoms with Gasteiger partial charge in [-0.2, -0.15) is 0 Å². The van der Waals surface area contributed by atoms with Gasteiger partial charge in [0.15, 0.2) is 0 Å². The predicted molar refractivity (Wildman–Crippen MR) is 64.0 cm³/mol. The number of ether oxygens (including phenoxy) is 1. The first kappa shape index (κ1) is 11.4. The third-order valence-corrected chi connectivity index (χ3v) is 2.49. The number of aromatic nitrogens is 2. The number of carbonyl (C=O) groups excluding carboxylic acids is 1. The summed E-state index contributed by atoms with van der Waals surface area (Å²) in [6.45, 7) is 2.04. The number of esters is 1. The molecule has 0 spiro atoms. The van der Waals surface area contributed by atoms with Gasteiger partial charge < -0.3 is 9.30 Å². The molecule has 0 N–H and O–H groups in total. The molecule has 2 aromatic rings. The summed E-state index contributed by atoms with van der Waals surface area (Å²) in [5.41, 5.74) is 2.93. The fourth-order valence-corrected chi connectivity index (χ4v) is 1.60. The molecule has 1 aromatic heterocycles. The van der Waals surface area contributed by atoms with Crippen LogP contribution >= 0.6 is 0 Å². The summed E-state index contributed by atoms with van der Waals surface area (Å²) in [6, 6.07) is 8.08. The third-order valence-electron chi connectivity index (χ3n) is 2.49. The molecule has 0 aliphatic heterocycles. The van der Waals surface area contributed by atoms with Crippen LogP contribution in [0.5, 0.6) is 0 Å². The molecule has 1 heterocycles. The van der Waals surface area contributed by atoms with Crippen LogP contribution in [0, 0.1) is 6.92 Å². The zero-order valence-corrected chi connectivity index (χ0v) is 9.88. The first-order valence-electron chi connectivity index (χ1n) is 5.36. The van der Waals surface area contributed by atoms with Crippen LogP contribution in [-0.2, 0) is 16.0 Å². The summed E-state index contributed by atoms with van der Waals surface area (Å²) < 4.78 is 6.49. The molecule has 0 bridgehead atoms. The highest BCUT2D eigenvalue weighted by molar-refractivity contribution is 5.71. The Morgan fingerprint density at radius 2 is 2.29 bits per heavy atom. The van der Waals surface area contributed by atoms with Crippen molar-refractivity contribution < 1.29 is 9.53 Å². The largest absolute Gasteiger partial charge is 0.469 e. The molecule has 0 aliphatic carbocycles. The molecule has 88 valence electrons. The fraction of sp³-hybridized carbons (Fsp3) is 0.231. The van der Waals surface area contributed by atoms with E-state index in [0.717, 1.165) is 5.69 Å². The van der Waals surface area contributed by atoms with E-state index in [1.165, 1.54) is 12.7 Å². The Kier molecular flexibility index (Phi) is 3.23. The second-order valence-electron chi connectivity index (χ2n) is 3.86. The van der Waals surface area contributed by atoms with Crippen molar-refractivity contribution in [1.29, 1.82) is 0 Å². The van der Waals surface area contributed by atoms with Crippen molar-refractivity contribution in [2.24, 2.45) is 0 Å². The number of imidazole rings is 1. The van der Waals surface area contributed by atoms with Crippen molar-refractivity contribution >= 4 is 5.97 Å². The van der Waals surface area contributed by atoms with E-state index < -0.39 is 0 Å². The minimum Gasteiger partial charge on any atom is -0.469 e. The maximum absolute atomic E-state index is 11.1. The van der Waals surface area contributed by atoms with Crippen LogP contribution in [0.3, 0.4) is 0 Å². The molecule has 0 saturated carbocycles. The van der Waals surface area contributed by atoms with Gasteiger partial charge in [-0.25, -0.2) is 4.98 Å². The summed E-state index contributed by atoms with van der Waals surface area (Å²) in [4.78, 5) is 15.3. The van der Waals surface area contributed by atoms with Crippen LogP contribution in [0.15, 0.2) is 36.8 Å². The number of hydrogen-bond acceptors (Lipinski definition) is 3. The topological polar surface area (TPSA) is 44.1 Å². The first-order chi connectivity index (χ1) is 8.19. The average molecular weight is 230 g/mol. The third kappa shape index (κ3) is 2.72. The molecule has 0 aliphatic rings. The van der Waals surface area contributed by atoms with Gasteiger partial charge in [0.25, 0.3) is 0 Å². The van der Waals surface area contributed by atoms with Crippen LogP contribution in [0.1, 0.15) is 11.3 Å². The maximum Gasteiger partial charge on any atom is 0.311 e. The van der Waals surface area contributed by atoms with E-state index in [4.69, 9.17) is 0 Å². The molecule has 0 atom stereocenters. The molecule has 0 fully saturated rings. The van der Waals surface area contributed by atoms with Gasteiger partial charge in [0.05, 0.1) is 25.6 Å². The van der Waals surface area contributed by atoms with Gasteiger partial charge in [-0.15, -0.1) is 0 Å². The van der Waals surface area contributed by atoms with E-state index in [1.54, 1.807) is 6.33 Å². The average Bonchev–Trinajstić information content (AvgIpc) is 2.77. The summed E-state index contributed by atoms with van der Waals surface area (Å²) >= 11 is 0. The second kappa shape index (κ2) is 4.82. The first-order valence-corrected chi connectivity index (χ1v) is 5.36. The Balaban J connectivity index is 2.21. The lowest BCUT2D eigenvalue weighted by molar-refractivity contribution is -0.139. The normalized spacial score (nSPS) is 10.2. The van der Waals surface area contributed by atoms with Crippen LogP contribution in [-0.4, -0.2) is 22.6 Å². The SMILES string of the molecule is COC(=O)Cc1cn(-c2cccc(C)c2)cn1. The molecule has 4 heteroatoms. The molecule has 4 nitrogen and oxygen atoms in total. The number of methoxy groups -OCH3 is 1. The summed E-state index contributed by atoms with van der Waals surface area (Å²) in [5.74, 6) is -0.278. The summed E-state index contributed by atoms with van der Waals surface area (Å²) in [6.07, 6.45) is 3.74. The van der Waals surface area contributed by atoms with Crippen molar-refractivity contribution in [2.75, 3.05) is 7.11 Å². The van der Waals surface area contributed by atoms with E-state index in [9.17, 15) is 4.79 Å². The van der Waals surface area contributed by atoms with Crippen molar-refractivity contribution in [3.05, 3.63) is 48.0 Å². The van der Waals surface area contributed by atoms with Crippen molar-refractivity contribution in [3.8, 4) is 5.69 Å². The molecular weight excluding hydrogens is 216 g/mol. The highest BCUT2D eigenvalue weighted by Crippen LogP contribution is 2.11. The number of benzene rings is 1. The fourth-order valence-electron chi connectivity index (χ4n) is 1.60. The monoisotopic (exact) mass is 230 g/mol. The standard InChI is InChI=1S/C13H14N2O2/c1-10-4-3-5-12(6-10)15-8-11(14-9-15)7-13(16)17-2/h3-6,8-9H,7H2,1-2H3. The Morgan fingerprint density at radius 1 is 1.47 bits per heavy atom. The van der Waals surface area contributed by atoms with Crippen LogP contribution in [0.25, 0.3) is 5.69 Å². The highest BCUT2D eigenvalue weighted by Gasteiger charge is 2.06. The molecule has 0 amide bonds. The highest BCUT2D eigenvalue weighted by atomic mass is 16.5. The van der Waals surface area contributed by atoms with E-state index in [-0.39, 0.29) is 12.4 Å².